The second kappa shape index (κ2) is 45.6. The Bertz CT molecular complexity index is 6150. The number of unbranched alkanes of at least 4 members (excludes halogenated alkanes) is 1. The van der Waals surface area contributed by atoms with E-state index in [1.807, 2.05) is 101 Å². The fraction of sp³-hybridized carbons (Fsp3) is 0.194. The number of piperazine rings is 1. The Balaban J connectivity index is 0.000000154. The highest BCUT2D eigenvalue weighted by molar-refractivity contribution is 7.89. The number of aromatic nitrogens is 8. The Morgan fingerprint density at radius 1 is 0.417 bits per heavy atom. The molecule has 127 heavy (non-hydrogen) atoms. The summed E-state index contributed by atoms with van der Waals surface area (Å²) in [5, 5.41) is 16.8. The smallest absolute Gasteiger partial charge is 0.257 e. The quantitative estimate of drug-likeness (QED) is 0.0214. The lowest BCUT2D eigenvalue weighted by molar-refractivity contribution is -0.129. The SMILES string of the molecule is CC(=O)N1CCN(c2ccc(C(=O)Nc3ccc(Cl)c(-c4ccccn4)c3)cn2)CC1.CCCCNS(=O)(=O)c1ccc(C(=O)Nc2ccc(Cl)c(-c3ccccn3)c2)cc1.O=C(Nc1ccc(Cl)c(-c2ccccn2)c1)c1ccc(NCCCn2ccnc2)nc1.O=C(Nc1ccc(Cl)c(-c2ccccn2)c1)c1ccc(S(=O)(=O)NCCCN2CCCC2=O)cc1. The van der Waals surface area contributed by atoms with Crippen LogP contribution in [0.25, 0.3) is 45.0 Å². The van der Waals surface area contributed by atoms with Gasteiger partial charge in [-0.3, -0.25) is 48.7 Å². The number of sulfonamides is 2. The van der Waals surface area contributed by atoms with E-state index in [-0.39, 0.29) is 51.8 Å². The van der Waals surface area contributed by atoms with Crippen LogP contribution in [0.15, 0.2) is 284 Å². The fourth-order valence-corrected chi connectivity index (χ4v) is 16.1. The summed E-state index contributed by atoms with van der Waals surface area (Å²) in [6.07, 6.45) is 19.9. The predicted molar refractivity (Wildman–Crippen MR) is 497 cm³/mol. The lowest BCUT2D eigenvalue weighted by Gasteiger charge is -2.34. The zero-order valence-electron chi connectivity index (χ0n) is 69.1. The van der Waals surface area contributed by atoms with Gasteiger partial charge < -0.3 is 45.9 Å². The van der Waals surface area contributed by atoms with Gasteiger partial charge in [0.2, 0.25) is 31.9 Å². The van der Waals surface area contributed by atoms with E-state index in [1.54, 1.807) is 153 Å². The second-order valence-electron chi connectivity index (χ2n) is 28.9. The summed E-state index contributed by atoms with van der Waals surface area (Å²) in [4.78, 5) is 110. The third-order valence-corrected chi connectivity index (χ3v) is 24.2. The van der Waals surface area contributed by atoms with Crippen LogP contribution in [-0.4, -0.2) is 160 Å². The summed E-state index contributed by atoms with van der Waals surface area (Å²) in [5.74, 6) is 0.498. The number of amides is 6. The van der Waals surface area contributed by atoms with Gasteiger partial charge in [-0.25, -0.2) is 41.2 Å². The highest BCUT2D eigenvalue weighted by Gasteiger charge is 2.24. The van der Waals surface area contributed by atoms with Crippen LogP contribution in [-0.2, 0) is 36.2 Å². The minimum absolute atomic E-state index is 0.0650. The van der Waals surface area contributed by atoms with E-state index >= 15 is 0 Å². The zero-order valence-corrected chi connectivity index (χ0v) is 73.8. The minimum Gasteiger partial charge on any atom is -0.370 e. The van der Waals surface area contributed by atoms with Gasteiger partial charge in [-0.1, -0.05) is 84.0 Å². The third kappa shape index (κ3) is 26.9. The molecule has 0 saturated carbocycles. The first kappa shape index (κ1) is 93.0. The van der Waals surface area contributed by atoms with Crippen molar-refractivity contribution in [3.8, 4) is 45.0 Å². The van der Waals surface area contributed by atoms with Crippen LogP contribution >= 0.6 is 46.4 Å². The average Bonchev–Trinajstić information content (AvgIpc) is 1.66. The number of hydrogen-bond acceptors (Lipinski definition) is 19. The van der Waals surface area contributed by atoms with Crippen molar-refractivity contribution < 1.29 is 45.6 Å². The van der Waals surface area contributed by atoms with E-state index in [2.05, 4.69) is 75.8 Å². The van der Waals surface area contributed by atoms with Crippen molar-refractivity contribution in [2.75, 3.05) is 90.4 Å². The molecule has 2 fully saturated rings. The van der Waals surface area contributed by atoms with Crippen LogP contribution in [0.4, 0.5) is 34.4 Å². The number of imidazole rings is 1. The Hall–Kier alpha value is -13.2. The van der Waals surface area contributed by atoms with Crippen LogP contribution in [0, 0.1) is 0 Å². The van der Waals surface area contributed by atoms with Crippen LogP contribution < -0.4 is 40.9 Å². The molecule has 6 aromatic carbocycles. The summed E-state index contributed by atoms with van der Waals surface area (Å²) in [7, 11) is -7.30. The number of carbonyl (C=O) groups is 6. The maximum Gasteiger partial charge on any atom is 0.257 e. The maximum absolute atomic E-state index is 12.7. The molecule has 7 aromatic heterocycles. The number of halogens is 4. The molecule has 2 saturated heterocycles. The van der Waals surface area contributed by atoms with Gasteiger partial charge in [-0.15, -0.1) is 0 Å². The maximum atomic E-state index is 12.7. The van der Waals surface area contributed by atoms with Gasteiger partial charge in [0.05, 0.1) is 70.1 Å². The average molecular weight is 1830 g/mol. The van der Waals surface area contributed by atoms with Crippen molar-refractivity contribution in [3.63, 3.8) is 0 Å². The van der Waals surface area contributed by atoms with Gasteiger partial charge >= 0.3 is 0 Å². The summed E-state index contributed by atoms with van der Waals surface area (Å²) in [5.41, 5.74) is 9.70. The monoisotopic (exact) mass is 1820 g/mol. The third-order valence-electron chi connectivity index (χ3n) is 19.9. The zero-order chi connectivity index (χ0) is 89.7. The van der Waals surface area contributed by atoms with Crippen LogP contribution in [0.2, 0.25) is 20.1 Å². The number of nitrogens with one attached hydrogen (secondary N) is 7. The van der Waals surface area contributed by atoms with Gasteiger partial charge in [0.25, 0.3) is 23.6 Å². The standard InChI is InChI=1S/C25H25ClN4O4S.C23H21ClN6O.C23H22ClN5O2.C22H22ClN3O3S/c26-22-12-9-19(17-21(22)23-5-1-2-13-27-23)29-25(32)18-7-10-20(11-8-18)35(33,34)28-14-4-16-30-15-3-6-24(30)31;24-20-7-6-18(14-19(20)21-4-1-2-9-26-21)29-23(31)17-5-8-22(28-15-17)27-10-3-12-30-13-11-25-16-30;1-16(30)28-10-12-29(13-11-28)22-8-5-17(15-26-22)23(31)27-18-6-7-20(24)19(14-18)21-4-2-3-9-25-21;1-2-3-14-25-30(28,29)18-10-7-16(8-11-18)22(27)26-17-9-12-20(23)19(15-17)21-6-4-5-13-24-21/h1-2,5,7-13,17,28H,3-4,6,14-16H2,(H,29,32);1-2,4-9,11,13-16H,3,10,12H2,(H,27,28)(H,29,31);2-9,14-15H,10-13H2,1H3,(H,27,31);4-13,15,25H,2-3,14H2,1H3,(H,26,27). The first-order chi connectivity index (χ1) is 61.4. The molecule has 652 valence electrons. The molecule has 34 heteroatoms. The highest BCUT2D eigenvalue weighted by Crippen LogP contribution is 2.34. The first-order valence-corrected chi connectivity index (χ1v) is 45.1. The number of pyridine rings is 6. The number of carbonyl (C=O) groups excluding carboxylic acids is 6. The molecule has 15 rings (SSSR count). The summed E-state index contributed by atoms with van der Waals surface area (Å²) in [6, 6.07) is 61.7. The molecular weight excluding hydrogens is 1740 g/mol. The molecule has 0 radical (unpaired) electrons. The number of anilines is 6. The Morgan fingerprint density at radius 3 is 1.17 bits per heavy atom. The number of aryl methyl sites for hydroxylation is 1. The molecule has 7 N–H and O–H groups in total. The molecule has 2 aliphatic heterocycles. The first-order valence-electron chi connectivity index (χ1n) is 40.6. The molecule has 28 nitrogen and oxygen atoms in total. The highest BCUT2D eigenvalue weighted by atomic mass is 35.5. The van der Waals surface area contributed by atoms with E-state index in [9.17, 15) is 45.6 Å². The van der Waals surface area contributed by atoms with Gasteiger partial charge in [0, 0.05) is 184 Å². The fourth-order valence-electron chi connectivity index (χ4n) is 13.1. The van der Waals surface area contributed by atoms with Gasteiger partial charge in [0.15, 0.2) is 0 Å². The van der Waals surface area contributed by atoms with Crippen molar-refractivity contribution in [3.05, 3.63) is 317 Å². The van der Waals surface area contributed by atoms with E-state index in [0.717, 1.165) is 92.6 Å². The molecule has 9 heterocycles. The molecule has 0 aliphatic carbocycles. The van der Waals surface area contributed by atoms with E-state index in [0.29, 0.717) is 127 Å². The molecule has 6 amide bonds. The number of benzene rings is 6. The van der Waals surface area contributed by atoms with Crippen molar-refractivity contribution in [2.24, 2.45) is 0 Å². The van der Waals surface area contributed by atoms with Crippen molar-refractivity contribution in [1.82, 2.24) is 58.7 Å². The van der Waals surface area contributed by atoms with E-state index < -0.39 is 20.0 Å². The Kier molecular flexibility index (Phi) is 33.4. The summed E-state index contributed by atoms with van der Waals surface area (Å²) in [6.45, 7) is 9.90. The largest absolute Gasteiger partial charge is 0.370 e. The van der Waals surface area contributed by atoms with Crippen LogP contribution in [0.5, 0.6) is 0 Å². The predicted octanol–water partition coefficient (Wildman–Crippen LogP) is 17.1. The summed E-state index contributed by atoms with van der Waals surface area (Å²) >= 11 is 25.2. The van der Waals surface area contributed by atoms with Gasteiger partial charge in [-0.2, -0.15) is 0 Å². The van der Waals surface area contributed by atoms with Crippen LogP contribution in [0.3, 0.4) is 0 Å². The van der Waals surface area contributed by atoms with E-state index in [4.69, 9.17) is 46.4 Å². The second-order valence-corrected chi connectivity index (χ2v) is 34.1. The van der Waals surface area contributed by atoms with Crippen molar-refractivity contribution in [1.29, 1.82) is 0 Å². The van der Waals surface area contributed by atoms with Crippen molar-refractivity contribution in [2.45, 2.75) is 68.7 Å². The number of likely N-dealkylation sites (tertiary alicyclic amines) is 1. The molecule has 0 spiro atoms. The molecule has 0 bridgehead atoms. The molecular formula is C93H90Cl4N18O10S2. The molecule has 2 aliphatic rings. The van der Waals surface area contributed by atoms with Gasteiger partial charge in [-0.05, 0) is 220 Å². The molecule has 13 aromatic rings. The molecule has 0 unspecified atom stereocenters. The normalized spacial score (nSPS) is 12.4. The lowest BCUT2D eigenvalue weighted by Crippen LogP contribution is -2.48. The Morgan fingerprint density at radius 2 is 0.819 bits per heavy atom. The topological polar surface area (TPSA) is 360 Å². The molecule has 0 atom stereocenters. The number of hydrogen-bond donors (Lipinski definition) is 7. The van der Waals surface area contributed by atoms with E-state index in [1.165, 1.54) is 48.5 Å². The van der Waals surface area contributed by atoms with Gasteiger partial charge in [0.1, 0.15) is 11.6 Å². The Labute approximate surface area is 756 Å². The summed E-state index contributed by atoms with van der Waals surface area (Å²) < 4.78 is 56.7. The van der Waals surface area contributed by atoms with Crippen LogP contribution in [0.1, 0.15) is 93.8 Å². The number of rotatable bonds is 29. The number of nitrogens with zero attached hydrogens (tertiary/aromatic N) is 11. The van der Waals surface area contributed by atoms with Crippen molar-refractivity contribution >= 4 is 136 Å². The minimum atomic E-state index is -3.72. The lowest BCUT2D eigenvalue weighted by atomic mass is 10.1.